The Labute approximate surface area is 174 Å². The number of piperazine rings is 1. The molecule has 2 atom stereocenters. The Morgan fingerprint density at radius 1 is 1.14 bits per heavy atom. The largest absolute Gasteiger partial charge is 0.431 e. The van der Waals surface area contributed by atoms with E-state index in [9.17, 15) is 8.42 Å². The van der Waals surface area contributed by atoms with Crippen LogP contribution in [0.25, 0.3) is 10.2 Å². The highest BCUT2D eigenvalue weighted by Crippen LogP contribution is 2.33. The van der Waals surface area contributed by atoms with E-state index >= 15 is 0 Å². The van der Waals surface area contributed by atoms with E-state index in [0.717, 1.165) is 41.9 Å². The summed E-state index contributed by atoms with van der Waals surface area (Å²) in [5.74, 6) is 0.799. The van der Waals surface area contributed by atoms with Gasteiger partial charge in [0.25, 0.3) is 5.19 Å². The topological polar surface area (TPSA) is 62.7 Å². The molecule has 152 valence electrons. The summed E-state index contributed by atoms with van der Waals surface area (Å²) in [6, 6.07) is 16.7. The Balaban J connectivity index is 1.21. The molecule has 1 aromatic heterocycles. The van der Waals surface area contributed by atoms with Crippen LogP contribution in [-0.4, -0.2) is 60.6 Å². The summed E-state index contributed by atoms with van der Waals surface area (Å²) >= 11 is 1.55. The minimum absolute atomic E-state index is 0.142. The van der Waals surface area contributed by atoms with E-state index in [-0.39, 0.29) is 6.04 Å². The summed E-state index contributed by atoms with van der Waals surface area (Å²) in [5, 5.41) is 0.654. The summed E-state index contributed by atoms with van der Waals surface area (Å²) in [7, 11) is -3.08. The highest BCUT2D eigenvalue weighted by atomic mass is 32.2. The van der Waals surface area contributed by atoms with Gasteiger partial charge in [-0.25, -0.2) is 13.4 Å². The Kier molecular flexibility index (Phi) is 4.82. The fourth-order valence-corrected chi connectivity index (χ4v) is 6.40. The van der Waals surface area contributed by atoms with Crippen molar-refractivity contribution in [3.05, 3.63) is 54.1 Å². The average Bonchev–Trinajstić information content (AvgIpc) is 3.39. The fourth-order valence-electron chi connectivity index (χ4n) is 4.43. The number of aromatic nitrogens is 1. The van der Waals surface area contributed by atoms with Gasteiger partial charge in [-0.15, -0.1) is 0 Å². The van der Waals surface area contributed by atoms with E-state index in [2.05, 4.69) is 22.0 Å². The van der Waals surface area contributed by atoms with Crippen molar-refractivity contribution in [2.24, 2.45) is 0 Å². The predicted molar refractivity (Wildman–Crippen MR) is 115 cm³/mol. The molecular formula is C21H23N3O3S2. The number of thiazole rings is 1. The molecule has 2 aliphatic heterocycles. The summed E-state index contributed by atoms with van der Waals surface area (Å²) in [6.07, 6.45) is 3.18. The van der Waals surface area contributed by atoms with Crippen molar-refractivity contribution in [1.82, 2.24) is 14.2 Å². The summed E-state index contributed by atoms with van der Waals surface area (Å²) in [4.78, 5) is 6.96. The number of hydrogen-bond acceptors (Lipinski definition) is 6. The molecule has 0 N–H and O–H groups in total. The average molecular weight is 430 g/mol. The lowest BCUT2D eigenvalue weighted by molar-refractivity contribution is 0.184. The quantitative estimate of drug-likeness (QED) is 0.601. The van der Waals surface area contributed by atoms with E-state index in [4.69, 9.17) is 4.74 Å². The van der Waals surface area contributed by atoms with Crippen molar-refractivity contribution in [3.63, 3.8) is 0 Å². The summed E-state index contributed by atoms with van der Waals surface area (Å²) in [6.45, 7) is 2.40. The first-order chi connectivity index (χ1) is 14.0. The molecular weight excluding hydrogens is 406 g/mol. The highest BCUT2D eigenvalue weighted by Gasteiger charge is 2.46. The molecule has 2 bridgehead atoms. The molecule has 0 spiro atoms. The third-order valence-corrected chi connectivity index (χ3v) is 8.01. The zero-order chi connectivity index (χ0) is 20.0. The van der Waals surface area contributed by atoms with Crippen molar-refractivity contribution < 1.29 is 13.2 Å². The third kappa shape index (κ3) is 3.90. The van der Waals surface area contributed by atoms with Crippen molar-refractivity contribution in [1.29, 1.82) is 0 Å². The predicted octanol–water partition coefficient (Wildman–Crippen LogP) is 3.35. The Morgan fingerprint density at radius 3 is 2.76 bits per heavy atom. The van der Waals surface area contributed by atoms with Crippen molar-refractivity contribution >= 4 is 31.6 Å². The molecule has 0 saturated carbocycles. The van der Waals surface area contributed by atoms with E-state index in [1.807, 2.05) is 36.4 Å². The van der Waals surface area contributed by atoms with Crippen molar-refractivity contribution in [2.45, 2.75) is 24.9 Å². The zero-order valence-corrected chi connectivity index (χ0v) is 17.8. The van der Waals surface area contributed by atoms with E-state index in [1.54, 1.807) is 15.6 Å². The lowest BCUT2D eigenvalue weighted by atomic mass is 10.1. The van der Waals surface area contributed by atoms with Crippen LogP contribution < -0.4 is 4.74 Å². The fraction of sp³-hybridized carbons (Fsp3) is 0.381. The van der Waals surface area contributed by atoms with Gasteiger partial charge in [-0.3, -0.25) is 4.90 Å². The second-order valence-electron chi connectivity index (χ2n) is 7.82. The third-order valence-electron chi connectivity index (χ3n) is 5.80. The molecule has 2 fully saturated rings. The molecule has 29 heavy (non-hydrogen) atoms. The van der Waals surface area contributed by atoms with Crippen LogP contribution in [0.15, 0.2) is 48.5 Å². The first-order valence-corrected chi connectivity index (χ1v) is 12.5. The van der Waals surface area contributed by atoms with Gasteiger partial charge in [-0.2, -0.15) is 4.31 Å². The van der Waals surface area contributed by atoms with E-state index < -0.39 is 10.0 Å². The smallest absolute Gasteiger partial charge is 0.279 e. The van der Waals surface area contributed by atoms with Gasteiger partial charge >= 0.3 is 0 Å². The minimum atomic E-state index is -3.08. The number of para-hydroxylation sites is 1. The molecule has 3 aromatic rings. The number of ether oxygens (including phenoxy) is 1. The van der Waals surface area contributed by atoms with Crippen LogP contribution in [-0.2, 0) is 16.4 Å². The molecule has 0 aliphatic carbocycles. The number of nitrogens with zero attached hydrogens (tertiary/aromatic N) is 3. The van der Waals surface area contributed by atoms with Gasteiger partial charge in [0.2, 0.25) is 10.0 Å². The first kappa shape index (κ1) is 19.0. The van der Waals surface area contributed by atoms with Gasteiger partial charge in [0.05, 0.1) is 16.5 Å². The second-order valence-corrected chi connectivity index (χ2v) is 10.7. The molecule has 5 rings (SSSR count). The molecule has 0 radical (unpaired) electrons. The number of benzene rings is 2. The maximum Gasteiger partial charge on any atom is 0.279 e. The Bertz CT molecular complexity index is 1110. The standard InChI is InChI=1S/C21H23N3O3S2/c1-29(25,26)24-14-16-12-17(24)13-23(16)10-9-15-5-4-6-18(11-15)27-21-22-19-7-2-3-8-20(19)28-21/h2-8,11,16-17H,9-10,12-14H2,1H3/t16-,17-/m0/s1. The minimum Gasteiger partial charge on any atom is -0.431 e. The molecule has 3 heterocycles. The van der Waals surface area contributed by atoms with E-state index in [0.29, 0.717) is 17.8 Å². The van der Waals surface area contributed by atoms with Crippen LogP contribution in [0.2, 0.25) is 0 Å². The van der Waals surface area contributed by atoms with Gasteiger partial charge in [-0.05, 0) is 42.7 Å². The lowest BCUT2D eigenvalue weighted by Crippen LogP contribution is -2.48. The molecule has 2 saturated heterocycles. The molecule has 2 aliphatic rings. The van der Waals surface area contributed by atoms with Gasteiger partial charge in [0.1, 0.15) is 5.75 Å². The molecule has 6 nitrogen and oxygen atoms in total. The lowest BCUT2D eigenvalue weighted by Gasteiger charge is -2.32. The number of fused-ring (bicyclic) bond motifs is 3. The number of hydrogen-bond donors (Lipinski definition) is 0. The van der Waals surface area contributed by atoms with Crippen molar-refractivity contribution in [2.75, 3.05) is 25.9 Å². The van der Waals surface area contributed by atoms with Gasteiger partial charge in [0, 0.05) is 31.7 Å². The summed E-state index contributed by atoms with van der Waals surface area (Å²) in [5.41, 5.74) is 2.17. The zero-order valence-electron chi connectivity index (χ0n) is 16.2. The number of rotatable bonds is 6. The van der Waals surface area contributed by atoms with Crippen LogP contribution in [0, 0.1) is 0 Å². The molecule has 8 heteroatoms. The second kappa shape index (κ2) is 7.36. The Hall–Kier alpha value is -2.00. The normalized spacial score (nSPS) is 22.5. The first-order valence-electron chi connectivity index (χ1n) is 9.79. The van der Waals surface area contributed by atoms with Crippen LogP contribution in [0.3, 0.4) is 0 Å². The maximum absolute atomic E-state index is 11.8. The van der Waals surface area contributed by atoms with Gasteiger partial charge in [0.15, 0.2) is 0 Å². The van der Waals surface area contributed by atoms with Crippen LogP contribution in [0.1, 0.15) is 12.0 Å². The highest BCUT2D eigenvalue weighted by molar-refractivity contribution is 7.88. The number of sulfonamides is 1. The van der Waals surface area contributed by atoms with Crippen LogP contribution in [0.4, 0.5) is 0 Å². The number of likely N-dealkylation sites (tertiary alicyclic amines) is 1. The van der Waals surface area contributed by atoms with Gasteiger partial charge < -0.3 is 4.74 Å². The van der Waals surface area contributed by atoms with Crippen LogP contribution in [0.5, 0.6) is 10.9 Å². The maximum atomic E-state index is 11.8. The van der Waals surface area contributed by atoms with Crippen LogP contribution >= 0.6 is 11.3 Å². The Morgan fingerprint density at radius 2 is 2.00 bits per heavy atom. The molecule has 0 amide bonds. The SMILES string of the molecule is CS(=O)(=O)N1C[C@@H]2C[C@H]1CN2CCc1cccc(Oc2nc3ccccc3s2)c1. The monoisotopic (exact) mass is 429 g/mol. The van der Waals surface area contributed by atoms with Gasteiger partial charge in [-0.1, -0.05) is 35.6 Å². The van der Waals surface area contributed by atoms with Crippen molar-refractivity contribution in [3.8, 4) is 10.9 Å². The van der Waals surface area contributed by atoms with E-state index in [1.165, 1.54) is 11.8 Å². The molecule has 0 unspecified atom stereocenters. The summed E-state index contributed by atoms with van der Waals surface area (Å²) < 4.78 is 32.5. The molecule has 2 aromatic carbocycles.